The van der Waals surface area contributed by atoms with Crippen LogP contribution in [0, 0.1) is 5.92 Å². The minimum Gasteiger partial charge on any atom is -0.370 e. The van der Waals surface area contributed by atoms with E-state index in [2.05, 4.69) is 29.5 Å². The number of rotatable bonds is 6. The van der Waals surface area contributed by atoms with E-state index in [0.717, 1.165) is 31.5 Å². The fourth-order valence-corrected chi connectivity index (χ4v) is 3.68. The predicted molar refractivity (Wildman–Crippen MR) is 109 cm³/mol. The molecule has 4 rings (SSSR count). The maximum atomic E-state index is 12.4. The van der Waals surface area contributed by atoms with Crippen molar-refractivity contribution in [2.45, 2.75) is 38.9 Å². The molecular formula is C22H26N4O3. The molecule has 0 aliphatic carbocycles. The normalized spacial score (nSPS) is 16.2. The van der Waals surface area contributed by atoms with E-state index in [1.54, 1.807) is 24.3 Å². The van der Waals surface area contributed by atoms with E-state index >= 15 is 0 Å². The summed E-state index contributed by atoms with van der Waals surface area (Å²) in [4.78, 5) is 19.0. The zero-order chi connectivity index (χ0) is 20.2. The molecule has 1 N–H and O–H groups in total. The number of fused-ring (bicyclic) bond motifs is 1. The molecule has 1 saturated heterocycles. The molecule has 2 aromatic carbocycles. The van der Waals surface area contributed by atoms with Crippen LogP contribution in [-0.2, 0) is 4.74 Å². The van der Waals surface area contributed by atoms with Crippen molar-refractivity contribution in [1.82, 2.24) is 20.5 Å². The summed E-state index contributed by atoms with van der Waals surface area (Å²) in [5, 5.41) is 11.7. The van der Waals surface area contributed by atoms with Crippen LogP contribution in [0.25, 0.3) is 11.0 Å². The van der Waals surface area contributed by atoms with E-state index < -0.39 is 5.97 Å². The van der Waals surface area contributed by atoms with Crippen molar-refractivity contribution in [1.29, 1.82) is 0 Å². The van der Waals surface area contributed by atoms with Crippen LogP contribution < -0.4 is 10.2 Å². The Hall–Kier alpha value is -2.77. The molecule has 3 aromatic rings. The van der Waals surface area contributed by atoms with Crippen LogP contribution >= 0.6 is 0 Å². The number of nitrogens with zero attached hydrogens (tertiary/aromatic N) is 3. The molecule has 29 heavy (non-hydrogen) atoms. The summed E-state index contributed by atoms with van der Waals surface area (Å²) in [6.45, 7) is 6.24. The van der Waals surface area contributed by atoms with Gasteiger partial charge in [-0.3, -0.25) is 0 Å². The van der Waals surface area contributed by atoms with Gasteiger partial charge < -0.3 is 14.9 Å². The molecule has 0 amide bonds. The molecule has 1 aliphatic rings. The number of nitrogens with one attached hydrogen (secondary N) is 1. The molecule has 1 aromatic heterocycles. The Bertz CT molecular complexity index is 965. The Morgan fingerprint density at radius 1 is 1.10 bits per heavy atom. The number of aromatic nitrogens is 3. The number of piperidine rings is 1. The highest BCUT2D eigenvalue weighted by Gasteiger charge is 2.26. The van der Waals surface area contributed by atoms with Crippen molar-refractivity contribution in [3.05, 3.63) is 59.7 Å². The van der Waals surface area contributed by atoms with Gasteiger partial charge in [-0.1, -0.05) is 49.0 Å². The summed E-state index contributed by atoms with van der Waals surface area (Å²) in [6.07, 6.45) is 2.13. The monoisotopic (exact) mass is 394 g/mol. The predicted octanol–water partition coefficient (Wildman–Crippen LogP) is 3.17. The lowest BCUT2D eigenvalue weighted by Crippen LogP contribution is -2.34. The number of carbonyl (C=O) groups excluding carboxylic acids is 1. The van der Waals surface area contributed by atoms with Gasteiger partial charge in [-0.2, -0.15) is 0 Å². The zero-order valence-electron chi connectivity index (χ0n) is 16.7. The van der Waals surface area contributed by atoms with Crippen LogP contribution in [0.15, 0.2) is 48.5 Å². The first-order valence-electron chi connectivity index (χ1n) is 10.1. The van der Waals surface area contributed by atoms with Crippen molar-refractivity contribution < 1.29 is 14.4 Å². The summed E-state index contributed by atoms with van der Waals surface area (Å²) in [6, 6.07) is 14.6. The molecule has 7 nitrogen and oxygen atoms in total. The van der Waals surface area contributed by atoms with Gasteiger partial charge in [0.2, 0.25) is 0 Å². The van der Waals surface area contributed by atoms with E-state index in [9.17, 15) is 4.79 Å². The SMILES string of the molecule is CC(C)C(OC1CCNCC1)c1cccc2c1nnn2OC(=O)c1ccccc1. The van der Waals surface area contributed by atoms with Gasteiger partial charge in [-0.25, -0.2) is 4.79 Å². The van der Waals surface area contributed by atoms with Gasteiger partial charge in [0.25, 0.3) is 0 Å². The van der Waals surface area contributed by atoms with Crippen molar-refractivity contribution in [3.8, 4) is 0 Å². The highest BCUT2D eigenvalue weighted by Crippen LogP contribution is 2.33. The minimum atomic E-state index is -0.478. The Balaban J connectivity index is 1.61. The van der Waals surface area contributed by atoms with Crippen LogP contribution in [0.5, 0.6) is 0 Å². The van der Waals surface area contributed by atoms with Gasteiger partial charge in [-0.05, 0) is 55.3 Å². The number of ether oxygens (including phenoxy) is 1. The lowest BCUT2D eigenvalue weighted by molar-refractivity contribution is -0.0493. The Morgan fingerprint density at radius 3 is 2.59 bits per heavy atom. The van der Waals surface area contributed by atoms with E-state index in [1.165, 1.54) is 4.85 Å². The van der Waals surface area contributed by atoms with E-state index in [1.807, 2.05) is 24.3 Å². The van der Waals surface area contributed by atoms with Gasteiger partial charge in [0.1, 0.15) is 11.0 Å². The second kappa shape index (κ2) is 8.71. The summed E-state index contributed by atoms with van der Waals surface area (Å²) >= 11 is 0. The molecule has 7 heteroatoms. The van der Waals surface area contributed by atoms with Gasteiger partial charge in [0.15, 0.2) is 0 Å². The average Bonchev–Trinajstić information content (AvgIpc) is 3.16. The largest absolute Gasteiger partial charge is 0.370 e. The van der Waals surface area contributed by atoms with Gasteiger partial charge in [-0.15, -0.1) is 5.10 Å². The first-order chi connectivity index (χ1) is 14.1. The Morgan fingerprint density at radius 2 is 1.86 bits per heavy atom. The highest BCUT2D eigenvalue weighted by atomic mass is 16.7. The third-order valence-electron chi connectivity index (χ3n) is 5.19. The lowest BCUT2D eigenvalue weighted by atomic mass is 9.96. The number of benzene rings is 2. The molecule has 0 saturated carbocycles. The third-order valence-corrected chi connectivity index (χ3v) is 5.19. The average molecular weight is 394 g/mol. The first kappa shape index (κ1) is 19.5. The van der Waals surface area contributed by atoms with Gasteiger partial charge in [0, 0.05) is 5.56 Å². The highest BCUT2D eigenvalue weighted by molar-refractivity contribution is 5.90. The molecule has 1 fully saturated rings. The molecule has 1 aliphatic heterocycles. The summed E-state index contributed by atoms with van der Waals surface area (Å²) in [7, 11) is 0. The topological polar surface area (TPSA) is 78.3 Å². The van der Waals surface area contributed by atoms with Crippen LogP contribution in [0.1, 0.15) is 48.7 Å². The van der Waals surface area contributed by atoms with Crippen molar-refractivity contribution in [2.24, 2.45) is 5.92 Å². The summed E-state index contributed by atoms with van der Waals surface area (Å²) in [5.41, 5.74) is 2.77. The third kappa shape index (κ3) is 4.31. The number of hydrogen-bond acceptors (Lipinski definition) is 6. The fraction of sp³-hybridized carbons (Fsp3) is 0.409. The van der Waals surface area contributed by atoms with Gasteiger partial charge in [0.05, 0.1) is 17.8 Å². The van der Waals surface area contributed by atoms with Crippen LogP contribution in [-0.4, -0.2) is 40.3 Å². The van der Waals surface area contributed by atoms with E-state index in [4.69, 9.17) is 9.57 Å². The summed E-state index contributed by atoms with van der Waals surface area (Å²) < 4.78 is 6.48. The second-order valence-corrected chi connectivity index (χ2v) is 7.67. The quantitative estimate of drug-likeness (QED) is 0.647. The summed E-state index contributed by atoms with van der Waals surface area (Å²) in [5.74, 6) is -0.207. The Kier molecular flexibility index (Phi) is 5.87. The Labute approximate surface area is 170 Å². The molecule has 1 atom stereocenters. The smallest absolute Gasteiger partial charge is 0.365 e. The molecular weight excluding hydrogens is 368 g/mol. The van der Waals surface area contributed by atoms with E-state index in [0.29, 0.717) is 16.6 Å². The zero-order valence-corrected chi connectivity index (χ0v) is 16.7. The standard InChI is InChI=1S/C22H26N4O3/c1-15(2)21(28-17-11-13-23-14-12-17)18-9-6-10-19-20(18)24-25-26(19)29-22(27)16-7-4-3-5-8-16/h3-10,15,17,21,23H,11-14H2,1-2H3. The maximum absolute atomic E-state index is 12.4. The van der Waals surface area contributed by atoms with Crippen molar-refractivity contribution in [3.63, 3.8) is 0 Å². The molecule has 0 spiro atoms. The minimum absolute atomic E-state index is 0.100. The van der Waals surface area contributed by atoms with Gasteiger partial charge >= 0.3 is 5.97 Å². The first-order valence-corrected chi connectivity index (χ1v) is 10.1. The van der Waals surface area contributed by atoms with Crippen LogP contribution in [0.2, 0.25) is 0 Å². The molecule has 152 valence electrons. The molecule has 0 radical (unpaired) electrons. The van der Waals surface area contributed by atoms with Crippen molar-refractivity contribution >= 4 is 17.0 Å². The van der Waals surface area contributed by atoms with Crippen LogP contribution in [0.3, 0.4) is 0 Å². The second-order valence-electron chi connectivity index (χ2n) is 7.67. The van der Waals surface area contributed by atoms with Crippen LogP contribution in [0.4, 0.5) is 0 Å². The number of hydrogen-bond donors (Lipinski definition) is 1. The maximum Gasteiger partial charge on any atom is 0.365 e. The molecule has 1 unspecified atom stereocenters. The van der Waals surface area contributed by atoms with E-state index in [-0.39, 0.29) is 18.1 Å². The number of carbonyl (C=O) groups is 1. The fourth-order valence-electron chi connectivity index (χ4n) is 3.68. The lowest BCUT2D eigenvalue weighted by Gasteiger charge is -2.30. The molecule has 0 bridgehead atoms. The molecule has 2 heterocycles. The van der Waals surface area contributed by atoms with Crippen molar-refractivity contribution in [2.75, 3.05) is 13.1 Å².